The number of pyridine rings is 1. The van der Waals surface area contributed by atoms with Gasteiger partial charge in [0.15, 0.2) is 5.44 Å². The largest absolute Gasteiger partial charge is 0.380 e. The predicted octanol–water partition coefficient (Wildman–Crippen LogP) is 4.49. The number of aromatic nitrogens is 1. The minimum atomic E-state index is -3.50. The lowest BCUT2D eigenvalue weighted by molar-refractivity contribution is -0.127. The molecule has 2 aromatic rings. The molecule has 1 aromatic carbocycles. The van der Waals surface area contributed by atoms with Crippen LogP contribution in [-0.2, 0) is 13.6 Å². The normalized spacial score (nSPS) is 29.1. The summed E-state index contributed by atoms with van der Waals surface area (Å²) >= 11 is 0. The first-order valence-corrected chi connectivity index (χ1v) is 9.26. The highest BCUT2D eigenvalue weighted by molar-refractivity contribution is 7.62. The van der Waals surface area contributed by atoms with Crippen LogP contribution in [0.5, 0.6) is 0 Å². The maximum absolute atomic E-state index is 13.4. The quantitative estimate of drug-likeness (QED) is 0.761. The Balaban J connectivity index is 2.10. The van der Waals surface area contributed by atoms with Crippen LogP contribution in [-0.4, -0.2) is 10.6 Å². The molecular weight excluding hydrogens is 309 g/mol. The van der Waals surface area contributed by atoms with E-state index in [1.165, 1.54) is 0 Å². The highest BCUT2D eigenvalue weighted by atomic mass is 31.2. The van der Waals surface area contributed by atoms with Crippen LogP contribution in [0.1, 0.15) is 39.4 Å². The summed E-state index contributed by atoms with van der Waals surface area (Å²) in [6.45, 7) is 8.07. The van der Waals surface area contributed by atoms with Crippen LogP contribution in [0.2, 0.25) is 0 Å². The maximum atomic E-state index is 13.4. The van der Waals surface area contributed by atoms with Crippen LogP contribution in [0.25, 0.3) is 0 Å². The van der Waals surface area contributed by atoms with Gasteiger partial charge in [0, 0.05) is 11.6 Å². The van der Waals surface area contributed by atoms with Gasteiger partial charge in [0.05, 0.1) is 5.60 Å². The Morgan fingerprint density at radius 2 is 1.65 bits per heavy atom. The van der Waals surface area contributed by atoms with Crippen molar-refractivity contribution in [2.24, 2.45) is 5.41 Å². The summed E-state index contributed by atoms with van der Waals surface area (Å²) in [5.74, 6) is 0. The lowest BCUT2D eigenvalue weighted by Gasteiger charge is -2.52. The van der Waals surface area contributed by atoms with Crippen LogP contribution in [0.3, 0.4) is 0 Å². The molecule has 1 aliphatic rings. The monoisotopic (exact) mass is 331 g/mol. The molecule has 1 fully saturated rings. The van der Waals surface area contributed by atoms with E-state index in [9.17, 15) is 4.57 Å². The highest BCUT2D eigenvalue weighted by Gasteiger charge is 2.56. The Labute approximate surface area is 137 Å². The number of nitrogens with zero attached hydrogens (tertiary/aromatic N) is 1. The zero-order valence-corrected chi connectivity index (χ0v) is 14.8. The second kappa shape index (κ2) is 5.55. The van der Waals surface area contributed by atoms with Crippen molar-refractivity contribution in [3.8, 4) is 0 Å². The molecule has 2 atom stereocenters. The van der Waals surface area contributed by atoms with Crippen LogP contribution in [0.4, 0.5) is 0 Å². The van der Waals surface area contributed by atoms with Gasteiger partial charge >= 0.3 is 7.60 Å². The molecule has 1 aliphatic heterocycles. The first-order chi connectivity index (χ1) is 10.8. The molecule has 1 aromatic heterocycles. The van der Waals surface area contributed by atoms with Gasteiger partial charge < -0.3 is 0 Å². The van der Waals surface area contributed by atoms with Gasteiger partial charge in [-0.1, -0.05) is 50.2 Å². The molecule has 3 rings (SSSR count). The molecule has 0 spiro atoms. The van der Waals surface area contributed by atoms with Gasteiger partial charge in [0.25, 0.3) is 0 Å². The molecule has 2 heterocycles. The smallest absolute Gasteiger partial charge is 0.297 e. The van der Waals surface area contributed by atoms with Crippen molar-refractivity contribution in [2.75, 3.05) is 0 Å². The van der Waals surface area contributed by atoms with E-state index < -0.39 is 13.2 Å². The molecule has 0 unspecified atom stereocenters. The number of benzene rings is 1. The Bertz CT molecular complexity index is 728. The van der Waals surface area contributed by atoms with Crippen molar-refractivity contribution < 1.29 is 13.6 Å². The van der Waals surface area contributed by atoms with Gasteiger partial charge in [0.1, 0.15) is 6.10 Å². The van der Waals surface area contributed by atoms with E-state index in [1.54, 1.807) is 24.4 Å². The second-order valence-corrected chi connectivity index (χ2v) is 8.75. The van der Waals surface area contributed by atoms with Crippen molar-refractivity contribution in [3.63, 3.8) is 0 Å². The third-order valence-corrected chi connectivity index (χ3v) is 6.84. The summed E-state index contributed by atoms with van der Waals surface area (Å²) in [6, 6.07) is 15.1. The highest BCUT2D eigenvalue weighted by Crippen LogP contribution is 2.65. The Hall–Kier alpha value is -1.48. The molecule has 1 saturated heterocycles. The Morgan fingerprint density at radius 3 is 2.26 bits per heavy atom. The predicted molar refractivity (Wildman–Crippen MR) is 90.7 cm³/mol. The SMILES string of the molecule is CC1(C)O[P@](=O)(c2ccccn2)O[C@@H](c2ccccc2)C1(C)C. The summed E-state index contributed by atoms with van der Waals surface area (Å²) in [7, 11) is -3.50. The molecular formula is C18H22NO3P. The topological polar surface area (TPSA) is 48.4 Å². The average Bonchev–Trinajstić information content (AvgIpc) is 2.53. The first kappa shape index (κ1) is 16.4. The molecule has 0 N–H and O–H groups in total. The van der Waals surface area contributed by atoms with E-state index in [1.807, 2.05) is 44.2 Å². The van der Waals surface area contributed by atoms with E-state index in [4.69, 9.17) is 9.05 Å². The van der Waals surface area contributed by atoms with E-state index in [0.717, 1.165) is 5.56 Å². The molecule has 0 aliphatic carbocycles. The van der Waals surface area contributed by atoms with Crippen molar-refractivity contribution in [2.45, 2.75) is 39.4 Å². The lowest BCUT2D eigenvalue weighted by atomic mass is 9.71. The first-order valence-electron chi connectivity index (χ1n) is 7.72. The van der Waals surface area contributed by atoms with E-state index in [0.29, 0.717) is 5.44 Å². The maximum Gasteiger partial charge on any atom is 0.380 e. The van der Waals surface area contributed by atoms with Gasteiger partial charge in [-0.05, 0) is 31.5 Å². The van der Waals surface area contributed by atoms with Crippen molar-refractivity contribution >= 4 is 13.0 Å². The molecule has 4 nitrogen and oxygen atoms in total. The lowest BCUT2D eigenvalue weighted by Crippen LogP contribution is -2.50. The van der Waals surface area contributed by atoms with Gasteiger partial charge in [0.2, 0.25) is 0 Å². The van der Waals surface area contributed by atoms with Crippen LogP contribution < -0.4 is 5.44 Å². The zero-order chi connectivity index (χ0) is 16.7. The van der Waals surface area contributed by atoms with Gasteiger partial charge in [-0.2, -0.15) is 0 Å². The second-order valence-electron chi connectivity index (χ2n) is 6.90. The summed E-state index contributed by atoms with van der Waals surface area (Å²) in [6.07, 6.45) is 1.26. The number of rotatable bonds is 2. The molecule has 5 heteroatoms. The number of hydrogen-bond donors (Lipinski definition) is 0. The summed E-state index contributed by atoms with van der Waals surface area (Å²) in [4.78, 5) is 4.20. The molecule has 23 heavy (non-hydrogen) atoms. The van der Waals surface area contributed by atoms with E-state index in [2.05, 4.69) is 18.8 Å². The van der Waals surface area contributed by atoms with Crippen LogP contribution >= 0.6 is 7.60 Å². The van der Waals surface area contributed by atoms with Crippen molar-refractivity contribution in [1.82, 2.24) is 4.98 Å². The zero-order valence-electron chi connectivity index (χ0n) is 13.9. The van der Waals surface area contributed by atoms with Gasteiger partial charge in [-0.3, -0.25) is 13.6 Å². The minimum absolute atomic E-state index is 0.347. The van der Waals surface area contributed by atoms with Crippen LogP contribution in [0, 0.1) is 5.41 Å². The third-order valence-electron chi connectivity index (χ3n) is 4.83. The van der Waals surface area contributed by atoms with E-state index in [-0.39, 0.29) is 11.5 Å². The van der Waals surface area contributed by atoms with E-state index >= 15 is 0 Å². The Morgan fingerprint density at radius 1 is 1.00 bits per heavy atom. The third kappa shape index (κ3) is 2.76. The standard InChI is InChI=1S/C18H22NO3P/c1-17(2)16(14-10-6-5-7-11-14)21-23(20,22-18(17,3)4)15-12-8-9-13-19-15/h5-13,16H,1-4H3/t16-,23-/m0/s1. The fourth-order valence-corrected chi connectivity index (χ4v) is 4.97. The molecule has 0 bridgehead atoms. The fourth-order valence-electron chi connectivity index (χ4n) is 2.75. The van der Waals surface area contributed by atoms with Crippen molar-refractivity contribution in [1.29, 1.82) is 0 Å². The summed E-state index contributed by atoms with van der Waals surface area (Å²) < 4.78 is 25.5. The van der Waals surface area contributed by atoms with Crippen LogP contribution in [0.15, 0.2) is 54.7 Å². The molecule has 122 valence electrons. The molecule has 0 radical (unpaired) electrons. The number of hydrogen-bond acceptors (Lipinski definition) is 4. The summed E-state index contributed by atoms with van der Waals surface area (Å²) in [5.41, 5.74) is 0.338. The fraction of sp³-hybridized carbons (Fsp3) is 0.389. The van der Waals surface area contributed by atoms with Crippen molar-refractivity contribution in [3.05, 3.63) is 60.3 Å². The van der Waals surface area contributed by atoms with Gasteiger partial charge in [-0.25, -0.2) is 4.98 Å². The Kier molecular flexibility index (Phi) is 3.96. The van der Waals surface area contributed by atoms with Gasteiger partial charge in [-0.15, -0.1) is 0 Å². The summed E-state index contributed by atoms with van der Waals surface area (Å²) in [5, 5.41) is 0. The average molecular weight is 331 g/mol. The molecule has 0 amide bonds. The molecule has 0 saturated carbocycles. The minimum Gasteiger partial charge on any atom is -0.297 e.